The van der Waals surface area contributed by atoms with E-state index in [0.29, 0.717) is 4.90 Å². The van der Waals surface area contributed by atoms with Gasteiger partial charge in [0.15, 0.2) is 0 Å². The summed E-state index contributed by atoms with van der Waals surface area (Å²) in [4.78, 5) is 12.4. The molecule has 3 N–H and O–H groups in total. The SMILES string of the molecule is Cn1cc(S(N)=O)cc1C(=O)Nc1ccc(F)c(C#N)c1. The highest BCUT2D eigenvalue weighted by Crippen LogP contribution is 2.16. The Kier molecular flexibility index (Phi) is 4.16. The van der Waals surface area contributed by atoms with Gasteiger partial charge in [-0.15, -0.1) is 0 Å². The van der Waals surface area contributed by atoms with Crippen LogP contribution in [0.2, 0.25) is 0 Å². The zero-order chi connectivity index (χ0) is 15.6. The van der Waals surface area contributed by atoms with E-state index in [2.05, 4.69) is 5.32 Å². The minimum absolute atomic E-state index is 0.163. The van der Waals surface area contributed by atoms with Gasteiger partial charge in [0.2, 0.25) is 0 Å². The summed E-state index contributed by atoms with van der Waals surface area (Å²) in [5.74, 6) is -1.14. The molecular formula is C13H11FN4O2S. The van der Waals surface area contributed by atoms with E-state index >= 15 is 0 Å². The number of nitriles is 1. The number of rotatable bonds is 3. The summed E-state index contributed by atoms with van der Waals surface area (Å²) < 4.78 is 25.9. The molecule has 2 aromatic rings. The zero-order valence-electron chi connectivity index (χ0n) is 11.0. The molecule has 8 heteroatoms. The third-order valence-electron chi connectivity index (χ3n) is 2.79. The molecule has 1 amide bonds. The van der Waals surface area contributed by atoms with Crippen molar-refractivity contribution in [2.24, 2.45) is 12.2 Å². The maximum atomic E-state index is 13.2. The van der Waals surface area contributed by atoms with Crippen LogP contribution in [0.1, 0.15) is 16.1 Å². The minimum atomic E-state index is -1.68. The molecule has 1 unspecified atom stereocenters. The summed E-state index contributed by atoms with van der Waals surface area (Å²) in [6, 6.07) is 6.77. The minimum Gasteiger partial charge on any atom is -0.345 e. The molecule has 0 spiro atoms. The third-order valence-corrected chi connectivity index (χ3v) is 3.48. The molecule has 1 atom stereocenters. The Morgan fingerprint density at radius 3 is 2.76 bits per heavy atom. The van der Waals surface area contributed by atoms with E-state index in [-0.39, 0.29) is 16.9 Å². The third kappa shape index (κ3) is 3.16. The first-order valence-corrected chi connectivity index (χ1v) is 6.97. The number of carbonyl (C=O) groups is 1. The van der Waals surface area contributed by atoms with Gasteiger partial charge in [-0.1, -0.05) is 0 Å². The zero-order valence-corrected chi connectivity index (χ0v) is 11.8. The number of hydrogen-bond donors (Lipinski definition) is 2. The van der Waals surface area contributed by atoms with Crippen LogP contribution in [0.5, 0.6) is 0 Å². The first-order valence-electron chi connectivity index (χ1n) is 5.76. The van der Waals surface area contributed by atoms with Crippen molar-refractivity contribution in [1.29, 1.82) is 5.26 Å². The van der Waals surface area contributed by atoms with E-state index in [0.717, 1.165) is 6.07 Å². The second kappa shape index (κ2) is 5.87. The van der Waals surface area contributed by atoms with Crippen molar-refractivity contribution in [1.82, 2.24) is 4.57 Å². The number of benzene rings is 1. The van der Waals surface area contributed by atoms with E-state index in [4.69, 9.17) is 10.4 Å². The fraction of sp³-hybridized carbons (Fsp3) is 0.0769. The molecule has 0 bridgehead atoms. The number of nitrogens with two attached hydrogens (primary N) is 1. The van der Waals surface area contributed by atoms with Crippen LogP contribution >= 0.6 is 0 Å². The lowest BCUT2D eigenvalue weighted by Crippen LogP contribution is -2.15. The summed E-state index contributed by atoms with van der Waals surface area (Å²) >= 11 is 0. The van der Waals surface area contributed by atoms with E-state index in [1.165, 1.54) is 29.0 Å². The normalized spacial score (nSPS) is 11.7. The molecule has 2 rings (SSSR count). The quantitative estimate of drug-likeness (QED) is 0.892. The number of carbonyl (C=O) groups excluding carboxylic acids is 1. The molecule has 108 valence electrons. The molecule has 21 heavy (non-hydrogen) atoms. The van der Waals surface area contributed by atoms with Crippen LogP contribution in [0.25, 0.3) is 0 Å². The van der Waals surface area contributed by atoms with Crippen LogP contribution in [0, 0.1) is 17.1 Å². The lowest BCUT2D eigenvalue weighted by molar-refractivity contribution is 0.101. The van der Waals surface area contributed by atoms with Crippen molar-refractivity contribution >= 4 is 22.6 Å². The van der Waals surface area contributed by atoms with Crippen LogP contribution in [0.3, 0.4) is 0 Å². The number of aromatic nitrogens is 1. The van der Waals surface area contributed by atoms with Crippen molar-refractivity contribution < 1.29 is 13.4 Å². The van der Waals surface area contributed by atoms with E-state index in [1.807, 2.05) is 0 Å². The van der Waals surface area contributed by atoms with Gasteiger partial charge < -0.3 is 9.88 Å². The second-order valence-electron chi connectivity index (χ2n) is 4.23. The summed E-state index contributed by atoms with van der Waals surface area (Å²) in [5.41, 5.74) is 0.365. The highest BCUT2D eigenvalue weighted by Gasteiger charge is 2.14. The summed E-state index contributed by atoms with van der Waals surface area (Å²) in [7, 11) is -0.0753. The van der Waals surface area contributed by atoms with Gasteiger partial charge in [0.1, 0.15) is 28.6 Å². The molecule has 1 aromatic heterocycles. The second-order valence-corrected chi connectivity index (χ2v) is 5.30. The molecule has 1 heterocycles. The highest BCUT2D eigenvalue weighted by molar-refractivity contribution is 7.82. The molecule has 0 aliphatic carbocycles. The van der Waals surface area contributed by atoms with Gasteiger partial charge in [0, 0.05) is 18.9 Å². The first kappa shape index (κ1) is 14.9. The Hall–Kier alpha value is -2.50. The van der Waals surface area contributed by atoms with Gasteiger partial charge >= 0.3 is 0 Å². The van der Waals surface area contributed by atoms with Crippen LogP contribution in [0.15, 0.2) is 35.4 Å². The molecule has 0 aliphatic rings. The number of nitrogens with zero attached hydrogens (tertiary/aromatic N) is 2. The Bertz CT molecular complexity index is 779. The van der Waals surface area contributed by atoms with Gasteiger partial charge in [-0.3, -0.25) is 4.79 Å². The number of nitrogens with one attached hydrogen (secondary N) is 1. The van der Waals surface area contributed by atoms with Gasteiger partial charge in [0.25, 0.3) is 5.91 Å². The predicted molar refractivity (Wildman–Crippen MR) is 75.1 cm³/mol. The van der Waals surface area contributed by atoms with Crippen LogP contribution in [0.4, 0.5) is 10.1 Å². The van der Waals surface area contributed by atoms with Crippen molar-refractivity contribution in [2.45, 2.75) is 4.90 Å². The van der Waals surface area contributed by atoms with Crippen molar-refractivity contribution in [3.05, 3.63) is 47.5 Å². The molecule has 0 radical (unpaired) electrons. The van der Waals surface area contributed by atoms with Crippen LogP contribution in [-0.2, 0) is 18.0 Å². The standard InChI is InChI=1S/C13H11FN4O2S/c1-18-7-10(21(16)20)5-12(18)13(19)17-9-2-3-11(14)8(4-9)6-15/h2-5,7H,16H2,1H3,(H,17,19). The molecule has 0 fully saturated rings. The van der Waals surface area contributed by atoms with Gasteiger partial charge in [-0.05, 0) is 24.3 Å². The van der Waals surface area contributed by atoms with Crippen molar-refractivity contribution in [2.75, 3.05) is 5.32 Å². The Morgan fingerprint density at radius 2 is 2.19 bits per heavy atom. The smallest absolute Gasteiger partial charge is 0.272 e. The fourth-order valence-corrected chi connectivity index (χ4v) is 2.24. The number of hydrogen-bond acceptors (Lipinski definition) is 3. The number of anilines is 1. The largest absolute Gasteiger partial charge is 0.345 e. The number of halogens is 1. The lowest BCUT2D eigenvalue weighted by atomic mass is 10.2. The summed E-state index contributed by atoms with van der Waals surface area (Å²) in [5, 5.41) is 16.5. The van der Waals surface area contributed by atoms with E-state index in [9.17, 15) is 13.4 Å². The maximum absolute atomic E-state index is 13.2. The van der Waals surface area contributed by atoms with Crippen LogP contribution < -0.4 is 10.5 Å². The number of amides is 1. The lowest BCUT2D eigenvalue weighted by Gasteiger charge is -2.06. The fourth-order valence-electron chi connectivity index (χ4n) is 1.75. The summed E-state index contributed by atoms with van der Waals surface area (Å²) in [6.45, 7) is 0. The first-order chi connectivity index (χ1) is 9.92. The average molecular weight is 306 g/mol. The Labute approximate surface area is 122 Å². The maximum Gasteiger partial charge on any atom is 0.272 e. The van der Waals surface area contributed by atoms with Crippen LogP contribution in [-0.4, -0.2) is 14.7 Å². The van der Waals surface area contributed by atoms with Gasteiger partial charge in [-0.2, -0.15) is 5.26 Å². The topological polar surface area (TPSA) is 101 Å². The summed E-state index contributed by atoms with van der Waals surface area (Å²) in [6.07, 6.45) is 1.48. The average Bonchev–Trinajstić information content (AvgIpc) is 2.83. The molecule has 6 nitrogen and oxygen atoms in total. The molecule has 0 saturated carbocycles. The van der Waals surface area contributed by atoms with E-state index in [1.54, 1.807) is 13.1 Å². The predicted octanol–water partition coefficient (Wildman–Crippen LogP) is 1.27. The Balaban J connectivity index is 2.26. The molecular weight excluding hydrogens is 295 g/mol. The van der Waals surface area contributed by atoms with Crippen molar-refractivity contribution in [3.8, 4) is 6.07 Å². The molecule has 0 aliphatic heterocycles. The monoisotopic (exact) mass is 306 g/mol. The van der Waals surface area contributed by atoms with Crippen molar-refractivity contribution in [3.63, 3.8) is 0 Å². The van der Waals surface area contributed by atoms with E-state index < -0.39 is 22.7 Å². The number of aryl methyl sites for hydroxylation is 1. The molecule has 1 aromatic carbocycles. The van der Waals surface area contributed by atoms with Gasteiger partial charge in [-0.25, -0.2) is 13.7 Å². The molecule has 0 saturated heterocycles. The highest BCUT2D eigenvalue weighted by atomic mass is 32.2. The Morgan fingerprint density at radius 1 is 1.48 bits per heavy atom. The van der Waals surface area contributed by atoms with Gasteiger partial charge in [0.05, 0.1) is 10.5 Å².